The SMILES string of the molecule is CCOc1c(I)cc(/C=N/NC(N)=S)cc1OC. The summed E-state index contributed by atoms with van der Waals surface area (Å²) in [7, 11) is 1.60. The van der Waals surface area contributed by atoms with Crippen LogP contribution in [0.3, 0.4) is 0 Å². The van der Waals surface area contributed by atoms with Gasteiger partial charge in [0.25, 0.3) is 0 Å². The van der Waals surface area contributed by atoms with Crippen LogP contribution in [0.5, 0.6) is 11.5 Å². The monoisotopic (exact) mass is 379 g/mol. The second kappa shape index (κ2) is 7.37. The average molecular weight is 379 g/mol. The smallest absolute Gasteiger partial charge is 0.184 e. The van der Waals surface area contributed by atoms with Gasteiger partial charge < -0.3 is 15.2 Å². The third-order valence-corrected chi connectivity index (χ3v) is 2.82. The van der Waals surface area contributed by atoms with Crippen molar-refractivity contribution in [3.8, 4) is 11.5 Å². The third-order valence-electron chi connectivity index (χ3n) is 1.93. The molecular formula is C11H14IN3O2S. The van der Waals surface area contributed by atoms with Crippen LogP contribution in [0.2, 0.25) is 0 Å². The molecule has 0 fully saturated rings. The molecule has 7 heteroatoms. The minimum atomic E-state index is 0.124. The molecule has 0 atom stereocenters. The third kappa shape index (κ3) is 4.30. The van der Waals surface area contributed by atoms with E-state index < -0.39 is 0 Å². The Labute approximate surface area is 125 Å². The Morgan fingerprint density at radius 1 is 1.61 bits per heavy atom. The number of thiocarbonyl (C=S) groups is 1. The van der Waals surface area contributed by atoms with Gasteiger partial charge in [0.15, 0.2) is 16.6 Å². The van der Waals surface area contributed by atoms with Crippen LogP contribution in [0.1, 0.15) is 12.5 Å². The highest BCUT2D eigenvalue weighted by atomic mass is 127. The van der Waals surface area contributed by atoms with E-state index >= 15 is 0 Å². The Bertz CT molecular complexity index is 466. The van der Waals surface area contributed by atoms with Crippen LogP contribution in [-0.4, -0.2) is 25.0 Å². The summed E-state index contributed by atoms with van der Waals surface area (Å²) in [5, 5.41) is 4.02. The Morgan fingerprint density at radius 2 is 2.33 bits per heavy atom. The molecule has 0 aliphatic rings. The van der Waals surface area contributed by atoms with E-state index in [1.807, 2.05) is 19.1 Å². The summed E-state index contributed by atoms with van der Waals surface area (Å²) in [6.45, 7) is 2.51. The zero-order chi connectivity index (χ0) is 13.5. The first-order valence-electron chi connectivity index (χ1n) is 5.17. The topological polar surface area (TPSA) is 68.9 Å². The molecule has 0 saturated heterocycles. The van der Waals surface area contributed by atoms with Crippen molar-refractivity contribution >= 4 is 46.1 Å². The number of ether oxygens (including phenoxy) is 2. The molecule has 0 unspecified atom stereocenters. The maximum absolute atomic E-state index is 5.52. The Morgan fingerprint density at radius 3 is 2.89 bits per heavy atom. The molecule has 5 nitrogen and oxygen atoms in total. The van der Waals surface area contributed by atoms with Crippen LogP contribution in [0.25, 0.3) is 0 Å². The van der Waals surface area contributed by atoms with Crippen LogP contribution in [0.15, 0.2) is 17.2 Å². The number of nitrogens with two attached hydrogens (primary N) is 1. The summed E-state index contributed by atoms with van der Waals surface area (Å²) in [6.07, 6.45) is 1.61. The Kier molecular flexibility index (Phi) is 6.13. The number of halogens is 1. The number of rotatable bonds is 5. The normalized spacial score (nSPS) is 10.4. The van der Waals surface area contributed by atoms with E-state index in [9.17, 15) is 0 Å². The Balaban J connectivity index is 2.99. The number of hydrogen-bond acceptors (Lipinski definition) is 4. The lowest BCUT2D eigenvalue weighted by Gasteiger charge is -2.11. The van der Waals surface area contributed by atoms with Gasteiger partial charge in [0.1, 0.15) is 0 Å². The molecule has 0 bridgehead atoms. The van der Waals surface area contributed by atoms with Crippen molar-refractivity contribution in [2.24, 2.45) is 10.8 Å². The first-order valence-corrected chi connectivity index (χ1v) is 6.66. The van der Waals surface area contributed by atoms with Crippen LogP contribution in [0.4, 0.5) is 0 Å². The number of methoxy groups -OCH3 is 1. The molecule has 0 heterocycles. The summed E-state index contributed by atoms with van der Waals surface area (Å²) in [6, 6.07) is 3.76. The summed E-state index contributed by atoms with van der Waals surface area (Å²) in [4.78, 5) is 0. The van der Waals surface area contributed by atoms with Gasteiger partial charge in [-0.2, -0.15) is 5.10 Å². The lowest BCUT2D eigenvalue weighted by atomic mass is 10.2. The fourth-order valence-corrected chi connectivity index (χ4v) is 2.10. The van der Waals surface area contributed by atoms with Crippen LogP contribution in [0, 0.1) is 3.57 Å². The lowest BCUT2D eigenvalue weighted by Crippen LogP contribution is -2.24. The second-order valence-corrected chi connectivity index (χ2v) is 4.80. The highest BCUT2D eigenvalue weighted by molar-refractivity contribution is 14.1. The number of hydrazone groups is 1. The molecular weight excluding hydrogens is 365 g/mol. The molecule has 1 rings (SSSR count). The van der Waals surface area contributed by atoms with Gasteiger partial charge in [0, 0.05) is 0 Å². The lowest BCUT2D eigenvalue weighted by molar-refractivity contribution is 0.308. The quantitative estimate of drug-likeness (QED) is 0.354. The average Bonchev–Trinajstić information content (AvgIpc) is 2.31. The zero-order valence-electron chi connectivity index (χ0n) is 10.1. The van der Waals surface area contributed by atoms with Crippen molar-refractivity contribution in [3.63, 3.8) is 0 Å². The fraction of sp³-hybridized carbons (Fsp3) is 0.273. The minimum absolute atomic E-state index is 0.124. The van der Waals surface area contributed by atoms with E-state index in [1.165, 1.54) is 0 Å². The highest BCUT2D eigenvalue weighted by Crippen LogP contribution is 2.33. The van der Waals surface area contributed by atoms with Gasteiger partial charge in [-0.3, -0.25) is 5.43 Å². The van der Waals surface area contributed by atoms with E-state index in [-0.39, 0.29) is 5.11 Å². The zero-order valence-corrected chi connectivity index (χ0v) is 13.0. The molecule has 1 aromatic carbocycles. The summed E-state index contributed by atoms with van der Waals surface area (Å²) >= 11 is 6.83. The van der Waals surface area contributed by atoms with Crippen molar-refractivity contribution in [2.45, 2.75) is 6.92 Å². The van der Waals surface area contributed by atoms with E-state index in [1.54, 1.807) is 13.3 Å². The molecule has 3 N–H and O–H groups in total. The number of nitrogens with one attached hydrogen (secondary N) is 1. The predicted octanol–water partition coefficient (Wildman–Crippen LogP) is 1.87. The standard InChI is InChI=1S/C11H14IN3O2S/c1-3-17-10-8(12)4-7(5-9(10)16-2)6-14-15-11(13)18/h4-6H,3H2,1-2H3,(H3,13,15,18)/b14-6+. The minimum Gasteiger partial charge on any atom is -0.493 e. The summed E-state index contributed by atoms with van der Waals surface area (Å²) < 4.78 is 11.8. The molecule has 0 radical (unpaired) electrons. The van der Waals surface area contributed by atoms with Crippen LogP contribution in [-0.2, 0) is 0 Å². The van der Waals surface area contributed by atoms with Gasteiger partial charge in [0.2, 0.25) is 0 Å². The van der Waals surface area contributed by atoms with Crippen LogP contribution < -0.4 is 20.6 Å². The van der Waals surface area contributed by atoms with Crippen molar-refractivity contribution in [1.29, 1.82) is 0 Å². The molecule has 0 aliphatic heterocycles. The molecule has 0 spiro atoms. The van der Waals surface area contributed by atoms with Gasteiger partial charge >= 0.3 is 0 Å². The maximum Gasteiger partial charge on any atom is 0.184 e. The Hall–Kier alpha value is -1.09. The molecule has 98 valence electrons. The van der Waals surface area contributed by atoms with Crippen LogP contribution >= 0.6 is 34.8 Å². The van der Waals surface area contributed by atoms with Crippen molar-refractivity contribution < 1.29 is 9.47 Å². The largest absolute Gasteiger partial charge is 0.493 e. The van der Waals surface area contributed by atoms with Gasteiger partial charge in [-0.1, -0.05) is 0 Å². The van der Waals surface area contributed by atoms with E-state index in [0.717, 1.165) is 14.9 Å². The van der Waals surface area contributed by atoms with E-state index in [2.05, 4.69) is 45.3 Å². The van der Waals surface area contributed by atoms with Crippen molar-refractivity contribution in [1.82, 2.24) is 5.43 Å². The highest BCUT2D eigenvalue weighted by Gasteiger charge is 2.10. The number of hydrogen-bond donors (Lipinski definition) is 2. The molecule has 0 saturated carbocycles. The summed E-state index contributed by atoms with van der Waals surface area (Å²) in [5.74, 6) is 1.40. The van der Waals surface area contributed by atoms with E-state index in [4.69, 9.17) is 15.2 Å². The first-order chi connectivity index (χ1) is 8.58. The number of benzene rings is 1. The fourth-order valence-electron chi connectivity index (χ4n) is 1.27. The van der Waals surface area contributed by atoms with Gasteiger partial charge in [-0.25, -0.2) is 0 Å². The van der Waals surface area contributed by atoms with Gasteiger partial charge in [-0.15, -0.1) is 0 Å². The summed E-state index contributed by atoms with van der Waals surface area (Å²) in [5.41, 5.74) is 8.63. The van der Waals surface area contributed by atoms with Gasteiger partial charge in [-0.05, 0) is 59.4 Å². The molecule has 1 aromatic rings. The molecule has 18 heavy (non-hydrogen) atoms. The van der Waals surface area contributed by atoms with Crippen molar-refractivity contribution in [3.05, 3.63) is 21.3 Å². The molecule has 0 amide bonds. The molecule has 0 aromatic heterocycles. The second-order valence-electron chi connectivity index (χ2n) is 3.20. The molecule has 0 aliphatic carbocycles. The number of nitrogens with zero attached hydrogens (tertiary/aromatic N) is 1. The van der Waals surface area contributed by atoms with Gasteiger partial charge in [0.05, 0.1) is 23.5 Å². The van der Waals surface area contributed by atoms with Crippen molar-refractivity contribution in [2.75, 3.05) is 13.7 Å². The van der Waals surface area contributed by atoms with E-state index in [0.29, 0.717) is 12.4 Å². The first kappa shape index (κ1) is 15.0. The maximum atomic E-state index is 5.52. The predicted molar refractivity (Wildman–Crippen MR) is 84.4 cm³/mol.